The van der Waals surface area contributed by atoms with E-state index < -0.39 is 46.7 Å². The molecule has 0 bridgehead atoms. The number of amidine groups is 1. The normalized spacial score (nSPS) is 19.7. The topological polar surface area (TPSA) is 164 Å². The Bertz CT molecular complexity index is 1840. The molecule has 1 aromatic carbocycles. The molecule has 2 aromatic heterocycles. The van der Waals surface area contributed by atoms with Gasteiger partial charge in [-0.2, -0.15) is 4.31 Å². The average molecular weight is 718 g/mol. The molecule has 0 aliphatic carbocycles. The lowest BCUT2D eigenvalue weighted by molar-refractivity contribution is 0.0634. The van der Waals surface area contributed by atoms with Gasteiger partial charge in [0.1, 0.15) is 17.2 Å². The molecule has 2 aliphatic rings. The first-order valence-electron chi connectivity index (χ1n) is 15.7. The molecule has 1 fully saturated rings. The fraction of sp³-hybridized carbons (Fsp3) is 0.424. The number of amides is 2. The van der Waals surface area contributed by atoms with Gasteiger partial charge >= 0.3 is 12.2 Å². The quantitative estimate of drug-likeness (QED) is 0.207. The molecule has 49 heavy (non-hydrogen) atoms. The summed E-state index contributed by atoms with van der Waals surface area (Å²) in [6.07, 6.45) is -1.77. The average Bonchev–Trinajstić information content (AvgIpc) is 2.97. The van der Waals surface area contributed by atoms with Crippen molar-refractivity contribution in [2.75, 3.05) is 22.7 Å². The van der Waals surface area contributed by atoms with Crippen molar-refractivity contribution in [3.63, 3.8) is 0 Å². The minimum Gasteiger partial charge on any atom is -0.465 e. The van der Waals surface area contributed by atoms with Crippen LogP contribution in [0.25, 0.3) is 11.3 Å². The van der Waals surface area contributed by atoms with E-state index in [1.165, 1.54) is 27.4 Å². The number of aryl methyl sites for hydroxylation is 1. The summed E-state index contributed by atoms with van der Waals surface area (Å²) in [4.78, 5) is 37.1. The Hall–Kier alpha value is -4.18. The summed E-state index contributed by atoms with van der Waals surface area (Å²) >= 11 is 6.80. The first-order valence-corrected chi connectivity index (χ1v) is 17.5. The van der Waals surface area contributed by atoms with Gasteiger partial charge in [0.2, 0.25) is 0 Å². The van der Waals surface area contributed by atoms with Crippen molar-refractivity contribution in [3.05, 3.63) is 64.1 Å². The fourth-order valence-corrected chi connectivity index (χ4v) is 7.54. The van der Waals surface area contributed by atoms with Crippen LogP contribution in [0.4, 0.5) is 31.3 Å². The summed E-state index contributed by atoms with van der Waals surface area (Å²) in [6, 6.07) is 8.23. The zero-order valence-electron chi connectivity index (χ0n) is 28.5. The highest BCUT2D eigenvalue weighted by atomic mass is 35.5. The maximum absolute atomic E-state index is 15.2. The number of rotatable bonds is 4. The number of carboxylic acid groups (broad SMARTS) is 1. The molecule has 0 saturated carbocycles. The van der Waals surface area contributed by atoms with Gasteiger partial charge in [-0.05, 0) is 88.3 Å². The van der Waals surface area contributed by atoms with Gasteiger partial charge in [0, 0.05) is 30.7 Å². The van der Waals surface area contributed by atoms with E-state index in [-0.39, 0.29) is 58.4 Å². The van der Waals surface area contributed by atoms with E-state index in [4.69, 9.17) is 21.3 Å². The first kappa shape index (κ1) is 36.1. The number of ether oxygens (including phenoxy) is 1. The highest BCUT2D eigenvalue weighted by Gasteiger charge is 2.43. The second-order valence-electron chi connectivity index (χ2n) is 13.5. The molecule has 4 N–H and O–H groups in total. The van der Waals surface area contributed by atoms with Gasteiger partial charge < -0.3 is 19.6 Å². The number of benzene rings is 1. The van der Waals surface area contributed by atoms with Crippen LogP contribution in [0.5, 0.6) is 0 Å². The molecule has 0 spiro atoms. The number of fused-ring (bicyclic) bond motifs is 1. The van der Waals surface area contributed by atoms with E-state index in [1.54, 1.807) is 57.7 Å². The summed E-state index contributed by atoms with van der Waals surface area (Å²) < 4.78 is 50.2. The number of carbonyl (C=O) groups is 2. The van der Waals surface area contributed by atoms with Crippen molar-refractivity contribution in [2.24, 2.45) is 4.40 Å². The zero-order valence-corrected chi connectivity index (χ0v) is 30.1. The Labute approximate surface area is 291 Å². The van der Waals surface area contributed by atoms with E-state index in [0.29, 0.717) is 16.8 Å². The van der Waals surface area contributed by atoms with Crippen LogP contribution in [0, 0.1) is 12.7 Å². The summed E-state index contributed by atoms with van der Waals surface area (Å²) in [6.45, 7) is 14.6. The minimum absolute atomic E-state index is 0.0350. The van der Waals surface area contributed by atoms with Gasteiger partial charge in [-0.25, -0.2) is 23.9 Å². The van der Waals surface area contributed by atoms with Crippen LogP contribution in [0.2, 0.25) is 5.02 Å². The van der Waals surface area contributed by atoms with Crippen molar-refractivity contribution in [1.29, 1.82) is 0 Å². The second-order valence-corrected chi connectivity index (χ2v) is 15.4. The zero-order chi connectivity index (χ0) is 36.2. The van der Waals surface area contributed by atoms with Crippen molar-refractivity contribution < 1.29 is 32.9 Å². The fourth-order valence-electron chi connectivity index (χ4n) is 5.92. The molecule has 2 amide bonds. The van der Waals surface area contributed by atoms with E-state index in [2.05, 4.69) is 14.7 Å². The van der Waals surface area contributed by atoms with Crippen molar-refractivity contribution in [3.8, 4) is 11.3 Å². The number of carbonyl (C=O) groups excluding carboxylic acids is 1. The third kappa shape index (κ3) is 7.25. The molecule has 264 valence electrons. The molecule has 13 nitrogen and oxygen atoms in total. The van der Waals surface area contributed by atoms with Gasteiger partial charge in [0.25, 0.3) is 0 Å². The molecule has 2 aliphatic heterocycles. The SMILES string of the molecule is Cc1cc(NC(=O)OC(C)(C)C)nc(C(C)C)c1N1c2nc(-c3ccccc3F)c(Cl)cc2C(N2C[C@@H](C)N(C(=O)O)C[C@@H]2C)=NS1(O)O. The Kier molecular flexibility index (Phi) is 9.78. The minimum atomic E-state index is -4.12. The number of piperazine rings is 1. The Morgan fingerprint density at radius 3 is 2.37 bits per heavy atom. The molecule has 1 saturated heterocycles. The van der Waals surface area contributed by atoms with Gasteiger partial charge in [-0.3, -0.25) is 14.4 Å². The molecular weight excluding hydrogens is 677 g/mol. The molecule has 0 radical (unpaired) electrons. The lowest BCUT2D eigenvalue weighted by Gasteiger charge is -2.49. The number of aromatic nitrogens is 2. The lowest BCUT2D eigenvalue weighted by atomic mass is 10.0. The van der Waals surface area contributed by atoms with Crippen LogP contribution in [0.1, 0.15) is 71.2 Å². The lowest BCUT2D eigenvalue weighted by Crippen LogP contribution is -2.60. The predicted octanol–water partition coefficient (Wildman–Crippen LogP) is 8.27. The highest BCUT2D eigenvalue weighted by Crippen LogP contribution is 2.59. The number of pyridine rings is 2. The number of anilines is 3. The van der Waals surface area contributed by atoms with Crippen LogP contribution in [-0.2, 0) is 4.74 Å². The van der Waals surface area contributed by atoms with Crippen molar-refractivity contribution in [2.45, 2.75) is 79.0 Å². The smallest absolute Gasteiger partial charge is 0.413 e. The van der Waals surface area contributed by atoms with Crippen LogP contribution in [0.15, 0.2) is 40.8 Å². The van der Waals surface area contributed by atoms with E-state index >= 15 is 4.39 Å². The van der Waals surface area contributed by atoms with Crippen molar-refractivity contribution in [1.82, 2.24) is 19.8 Å². The number of nitrogens with one attached hydrogen (secondary N) is 1. The molecule has 5 rings (SSSR count). The number of nitrogens with zero attached hydrogens (tertiary/aromatic N) is 6. The maximum Gasteiger partial charge on any atom is 0.413 e. The third-order valence-electron chi connectivity index (χ3n) is 8.06. The van der Waals surface area contributed by atoms with E-state index in [9.17, 15) is 23.8 Å². The molecular formula is C33H41ClFN7O6S. The molecule has 2 atom stereocenters. The number of hydrogen-bond donors (Lipinski definition) is 4. The summed E-state index contributed by atoms with van der Waals surface area (Å²) in [5.41, 5.74) is 0.903. The summed E-state index contributed by atoms with van der Waals surface area (Å²) in [5.74, 6) is -0.503. The highest BCUT2D eigenvalue weighted by molar-refractivity contribution is 8.24. The Morgan fingerprint density at radius 2 is 1.76 bits per heavy atom. The first-order chi connectivity index (χ1) is 22.8. The van der Waals surface area contributed by atoms with Crippen LogP contribution >= 0.6 is 22.6 Å². The number of hydrogen-bond acceptors (Lipinski definition) is 10. The molecule has 3 aromatic rings. The summed E-state index contributed by atoms with van der Waals surface area (Å²) in [5, 5.41) is 12.5. The maximum atomic E-state index is 15.2. The Balaban J connectivity index is 1.73. The predicted molar refractivity (Wildman–Crippen MR) is 189 cm³/mol. The van der Waals surface area contributed by atoms with Crippen LogP contribution < -0.4 is 9.62 Å². The van der Waals surface area contributed by atoms with Gasteiger partial charge in [-0.1, -0.05) is 37.6 Å². The third-order valence-corrected chi connectivity index (χ3v) is 9.62. The van der Waals surface area contributed by atoms with Gasteiger partial charge in [0.15, 0.2) is 11.7 Å². The standard InChI is InChI=1S/C33H41ClFN7O6S/c1-17(2)26-28(18(3)13-25(36-26)37-31(43)48-33(6,7)8)42-29-22(14-23(34)27(38-29)21-11-9-10-12-24(21)35)30(39-49(42,46)47)40-15-20(5)41(32(44)45)16-19(40)4/h9-14,17,19-20,46-47H,15-16H2,1-8H3,(H,44,45)(H,36,37,43)/t19-,20+/m0/s1. The van der Waals surface area contributed by atoms with Crippen LogP contribution in [-0.4, -0.2) is 82.8 Å². The largest absolute Gasteiger partial charge is 0.465 e. The second kappa shape index (κ2) is 13.3. The van der Waals surface area contributed by atoms with E-state index in [1.807, 2.05) is 20.8 Å². The molecule has 16 heteroatoms. The number of halogens is 2. The molecule has 0 unspecified atom stereocenters. The molecule has 4 heterocycles. The van der Waals surface area contributed by atoms with Gasteiger partial charge in [0.05, 0.1) is 27.7 Å². The monoisotopic (exact) mass is 717 g/mol. The summed E-state index contributed by atoms with van der Waals surface area (Å²) in [7, 11) is -4.12. The Morgan fingerprint density at radius 1 is 1.08 bits per heavy atom. The van der Waals surface area contributed by atoms with Crippen molar-refractivity contribution >= 4 is 57.9 Å². The van der Waals surface area contributed by atoms with E-state index in [0.717, 1.165) is 0 Å². The van der Waals surface area contributed by atoms with Gasteiger partial charge in [-0.15, -0.1) is 4.40 Å². The van der Waals surface area contributed by atoms with Crippen LogP contribution in [0.3, 0.4) is 0 Å².